The van der Waals surface area contributed by atoms with Gasteiger partial charge in [-0.1, -0.05) is 28.1 Å². The Kier molecular flexibility index (Phi) is 5.22. The number of dihydropyridines is 1. The van der Waals surface area contributed by atoms with Crippen molar-refractivity contribution in [2.45, 2.75) is 63.9 Å². The van der Waals surface area contributed by atoms with Crippen molar-refractivity contribution in [3.8, 4) is 0 Å². The Hall–Kier alpha value is -1.88. The second-order valence-electron chi connectivity index (χ2n) is 7.63. The van der Waals surface area contributed by atoms with Crippen molar-refractivity contribution < 1.29 is 14.3 Å². The Balaban J connectivity index is 1.75. The smallest absolute Gasteiger partial charge is 0.337 e. The lowest BCUT2D eigenvalue weighted by molar-refractivity contribution is -0.144. The van der Waals surface area contributed by atoms with Gasteiger partial charge in [0.15, 0.2) is 5.78 Å². The number of allylic oxidation sites excluding steroid dienone is 3. The monoisotopic (exact) mass is 429 g/mol. The van der Waals surface area contributed by atoms with Crippen molar-refractivity contribution in [3.05, 3.63) is 56.8 Å². The maximum absolute atomic E-state index is 13.1. The van der Waals surface area contributed by atoms with Crippen molar-refractivity contribution in [2.75, 3.05) is 0 Å². The van der Waals surface area contributed by atoms with E-state index in [1.54, 1.807) is 0 Å². The van der Waals surface area contributed by atoms with Crippen LogP contribution in [0.2, 0.25) is 0 Å². The van der Waals surface area contributed by atoms with E-state index in [-0.39, 0.29) is 23.8 Å². The van der Waals surface area contributed by atoms with Gasteiger partial charge in [-0.15, -0.1) is 0 Å². The summed E-state index contributed by atoms with van der Waals surface area (Å²) in [7, 11) is 0. The number of ketones is 1. The summed E-state index contributed by atoms with van der Waals surface area (Å²) in [4.78, 5) is 25.9. The fraction of sp³-hybridized carbons (Fsp3) is 0.455. The van der Waals surface area contributed by atoms with Crippen LogP contribution in [0.15, 0.2) is 51.3 Å². The van der Waals surface area contributed by atoms with E-state index in [1.807, 2.05) is 31.2 Å². The van der Waals surface area contributed by atoms with E-state index >= 15 is 0 Å². The Bertz CT molecular complexity index is 832. The van der Waals surface area contributed by atoms with Crippen LogP contribution in [-0.4, -0.2) is 17.9 Å². The van der Waals surface area contributed by atoms with Gasteiger partial charge < -0.3 is 10.1 Å². The minimum absolute atomic E-state index is 0.000742. The molecule has 0 amide bonds. The first kappa shape index (κ1) is 18.5. The zero-order chi connectivity index (χ0) is 19.0. The highest BCUT2D eigenvalue weighted by molar-refractivity contribution is 9.10. The predicted molar refractivity (Wildman–Crippen MR) is 107 cm³/mol. The van der Waals surface area contributed by atoms with Crippen LogP contribution in [0.4, 0.5) is 0 Å². The molecule has 1 aromatic carbocycles. The van der Waals surface area contributed by atoms with Crippen molar-refractivity contribution in [3.63, 3.8) is 0 Å². The molecular weight excluding hydrogens is 406 g/mol. The number of hydrogen-bond acceptors (Lipinski definition) is 4. The van der Waals surface area contributed by atoms with Crippen molar-refractivity contribution in [1.82, 2.24) is 5.32 Å². The van der Waals surface area contributed by atoms with E-state index in [0.29, 0.717) is 12.0 Å². The zero-order valence-corrected chi connectivity index (χ0v) is 17.1. The Labute approximate surface area is 168 Å². The first-order valence-electron chi connectivity index (χ1n) is 9.75. The summed E-state index contributed by atoms with van der Waals surface area (Å²) in [5.41, 5.74) is 4.05. The number of carbonyl (C=O) groups excluding carboxylic acids is 2. The molecule has 0 spiro atoms. The third-order valence-electron chi connectivity index (χ3n) is 5.78. The number of Topliss-reactive ketones (excluding diaryl/α,β-unsaturated/α-hetero) is 1. The van der Waals surface area contributed by atoms with Gasteiger partial charge in [0.05, 0.1) is 5.57 Å². The van der Waals surface area contributed by atoms with Crippen molar-refractivity contribution in [2.24, 2.45) is 0 Å². The molecule has 1 aromatic rings. The summed E-state index contributed by atoms with van der Waals surface area (Å²) in [6.45, 7) is 1.92. The predicted octanol–water partition coefficient (Wildman–Crippen LogP) is 4.90. The Morgan fingerprint density at radius 1 is 1.11 bits per heavy atom. The number of carbonyl (C=O) groups is 2. The summed E-state index contributed by atoms with van der Waals surface area (Å²) >= 11 is 3.47. The topological polar surface area (TPSA) is 55.4 Å². The van der Waals surface area contributed by atoms with Crippen LogP contribution >= 0.6 is 15.9 Å². The van der Waals surface area contributed by atoms with Gasteiger partial charge in [0, 0.05) is 33.8 Å². The first-order valence-corrected chi connectivity index (χ1v) is 10.5. The fourth-order valence-electron chi connectivity index (χ4n) is 4.46. The molecule has 0 saturated heterocycles. The number of hydrogen-bond donors (Lipinski definition) is 1. The molecule has 5 heteroatoms. The molecule has 1 heterocycles. The van der Waals surface area contributed by atoms with Crippen LogP contribution in [0.5, 0.6) is 0 Å². The van der Waals surface area contributed by atoms with Crippen LogP contribution < -0.4 is 5.32 Å². The lowest BCUT2D eigenvalue weighted by Gasteiger charge is -2.34. The molecular formula is C22H24BrNO3. The summed E-state index contributed by atoms with van der Waals surface area (Å²) in [5, 5.41) is 3.34. The van der Waals surface area contributed by atoms with Crippen LogP contribution in [-0.2, 0) is 14.3 Å². The number of ether oxygens (including phenoxy) is 1. The number of rotatable bonds is 3. The third-order valence-corrected chi connectivity index (χ3v) is 6.30. The van der Waals surface area contributed by atoms with Crippen LogP contribution in [0.1, 0.15) is 63.4 Å². The van der Waals surface area contributed by atoms with Gasteiger partial charge in [-0.25, -0.2) is 4.79 Å². The maximum Gasteiger partial charge on any atom is 0.337 e. The van der Waals surface area contributed by atoms with E-state index < -0.39 is 0 Å². The second kappa shape index (κ2) is 7.63. The lowest BCUT2D eigenvalue weighted by atomic mass is 9.75. The SMILES string of the molecule is CC1=C(C(=O)OC2CCCC2)[C@@H](c2ccc(Br)cc2)C2=C(CCCC2=O)N1. The molecule has 1 N–H and O–H groups in total. The van der Waals surface area contributed by atoms with E-state index in [4.69, 9.17) is 4.74 Å². The van der Waals surface area contributed by atoms with E-state index in [1.165, 1.54) is 0 Å². The molecule has 4 rings (SSSR count). The van der Waals surface area contributed by atoms with Gasteiger partial charge >= 0.3 is 5.97 Å². The second-order valence-corrected chi connectivity index (χ2v) is 8.54. The molecule has 0 unspecified atom stereocenters. The Morgan fingerprint density at radius 2 is 1.81 bits per heavy atom. The average molecular weight is 430 g/mol. The van der Waals surface area contributed by atoms with Crippen LogP contribution in [0, 0.1) is 0 Å². The Morgan fingerprint density at radius 3 is 2.52 bits per heavy atom. The minimum Gasteiger partial charge on any atom is -0.459 e. The standard InChI is InChI=1S/C22H24BrNO3/c1-13-19(22(26)27-16-5-2-3-6-16)20(14-9-11-15(23)12-10-14)21-17(24-13)7-4-8-18(21)25/h9-12,16,20,24H,2-8H2,1H3/t20-/m1/s1. The highest BCUT2D eigenvalue weighted by atomic mass is 79.9. The van der Waals surface area contributed by atoms with Gasteiger partial charge in [-0.3, -0.25) is 4.79 Å². The van der Waals surface area contributed by atoms with Crippen molar-refractivity contribution >= 4 is 27.7 Å². The number of benzene rings is 1. The first-order chi connectivity index (χ1) is 13.0. The van der Waals surface area contributed by atoms with Crippen LogP contribution in [0.25, 0.3) is 0 Å². The molecule has 4 nitrogen and oxygen atoms in total. The molecule has 27 heavy (non-hydrogen) atoms. The van der Waals surface area contributed by atoms with Crippen molar-refractivity contribution in [1.29, 1.82) is 0 Å². The number of halogens is 1. The van der Waals surface area contributed by atoms with Gasteiger partial charge in [-0.2, -0.15) is 0 Å². The summed E-state index contributed by atoms with van der Waals surface area (Å²) in [5.74, 6) is -0.504. The van der Waals surface area contributed by atoms with Gasteiger partial charge in [0.1, 0.15) is 6.10 Å². The van der Waals surface area contributed by atoms with Gasteiger partial charge in [0.25, 0.3) is 0 Å². The minimum atomic E-state index is -0.351. The summed E-state index contributed by atoms with van der Waals surface area (Å²) in [6, 6.07) is 7.89. The highest BCUT2D eigenvalue weighted by Gasteiger charge is 2.39. The number of esters is 1. The molecule has 0 radical (unpaired) electrons. The molecule has 0 aromatic heterocycles. The molecule has 1 fully saturated rings. The molecule has 1 saturated carbocycles. The zero-order valence-electron chi connectivity index (χ0n) is 15.5. The van der Waals surface area contributed by atoms with Gasteiger partial charge in [-0.05, 0) is 63.1 Å². The normalized spacial score (nSPS) is 23.3. The quantitative estimate of drug-likeness (QED) is 0.693. The molecule has 3 aliphatic rings. The molecule has 1 aliphatic heterocycles. The number of nitrogens with one attached hydrogen (secondary N) is 1. The average Bonchev–Trinajstić information content (AvgIpc) is 3.14. The highest BCUT2D eigenvalue weighted by Crippen LogP contribution is 2.43. The molecule has 142 valence electrons. The largest absolute Gasteiger partial charge is 0.459 e. The van der Waals surface area contributed by atoms with Gasteiger partial charge in [0.2, 0.25) is 0 Å². The summed E-state index contributed by atoms with van der Waals surface area (Å²) < 4.78 is 6.80. The molecule has 0 bridgehead atoms. The molecule has 2 aliphatic carbocycles. The van der Waals surface area contributed by atoms with E-state index in [9.17, 15) is 9.59 Å². The molecule has 1 atom stereocenters. The maximum atomic E-state index is 13.1. The van der Waals surface area contributed by atoms with E-state index in [0.717, 1.165) is 65.5 Å². The lowest BCUT2D eigenvalue weighted by Crippen LogP contribution is -2.35. The van der Waals surface area contributed by atoms with Crippen LogP contribution in [0.3, 0.4) is 0 Å². The fourth-order valence-corrected chi connectivity index (χ4v) is 4.73. The third kappa shape index (κ3) is 3.62. The van der Waals surface area contributed by atoms with E-state index in [2.05, 4.69) is 21.2 Å². The summed E-state index contributed by atoms with van der Waals surface area (Å²) in [6.07, 6.45) is 6.32.